The number of benzene rings is 1. The highest BCUT2D eigenvalue weighted by atomic mass is 35.5. The lowest BCUT2D eigenvalue weighted by molar-refractivity contribution is -0.138. The van der Waals surface area contributed by atoms with Crippen LogP contribution in [0.3, 0.4) is 0 Å². The molecule has 3 nitrogen and oxygen atoms in total. The van der Waals surface area contributed by atoms with Crippen molar-refractivity contribution in [2.24, 2.45) is 0 Å². The first-order chi connectivity index (χ1) is 9.61. The van der Waals surface area contributed by atoms with E-state index in [9.17, 15) is 9.90 Å². The molecule has 3 rings (SSSR count). The van der Waals surface area contributed by atoms with Crippen LogP contribution in [0.15, 0.2) is 35.7 Å². The fraction of sp³-hybridized carbons (Fsp3) is 0.267. The van der Waals surface area contributed by atoms with Gasteiger partial charge in [-0.25, -0.2) is 4.79 Å². The van der Waals surface area contributed by atoms with Crippen molar-refractivity contribution in [1.29, 1.82) is 0 Å². The van der Waals surface area contributed by atoms with Crippen molar-refractivity contribution in [1.82, 2.24) is 4.48 Å². The maximum Gasteiger partial charge on any atom is 0.359 e. The third-order valence-electron chi connectivity index (χ3n) is 3.88. The zero-order valence-corrected chi connectivity index (χ0v) is 12.5. The largest absolute Gasteiger partial charge is 0.477 e. The molecule has 0 aliphatic carbocycles. The molecule has 2 aromatic rings. The van der Waals surface area contributed by atoms with E-state index in [1.54, 1.807) is 11.3 Å². The fourth-order valence-corrected chi connectivity index (χ4v) is 4.17. The van der Waals surface area contributed by atoms with Gasteiger partial charge in [0.15, 0.2) is 12.2 Å². The standard InChI is InChI=1S/C15H14ClNO2S/c16-12-3-1-2-4-13(12)17(10-15(18)19)7-5-14-11(9-17)6-8-20-14/h1-4,6,8H,5,7,9-10H2/p+1. The summed E-state index contributed by atoms with van der Waals surface area (Å²) in [5.41, 5.74) is 2.16. The molecule has 0 amide bonds. The fourth-order valence-electron chi connectivity index (χ4n) is 2.97. The molecule has 0 fully saturated rings. The molecule has 1 N–H and O–H groups in total. The molecule has 1 aromatic carbocycles. The van der Waals surface area contributed by atoms with Crippen molar-refractivity contribution in [2.45, 2.75) is 13.0 Å². The number of hydrogen-bond acceptors (Lipinski definition) is 2. The maximum atomic E-state index is 11.4. The number of nitrogens with zero attached hydrogens (tertiary/aromatic N) is 1. The summed E-state index contributed by atoms with van der Waals surface area (Å²) in [5, 5.41) is 12.1. The molecule has 0 saturated heterocycles. The van der Waals surface area contributed by atoms with E-state index in [2.05, 4.69) is 11.4 Å². The SMILES string of the molecule is O=C(O)C[N+]1(c2ccccc2Cl)CCc2sccc2C1. The van der Waals surface area contributed by atoms with E-state index < -0.39 is 5.97 Å². The van der Waals surface area contributed by atoms with Gasteiger partial charge in [-0.3, -0.25) is 4.48 Å². The molecule has 0 radical (unpaired) electrons. The number of carbonyl (C=O) groups is 1. The Morgan fingerprint density at radius 2 is 2.15 bits per heavy atom. The van der Waals surface area contributed by atoms with E-state index >= 15 is 0 Å². The van der Waals surface area contributed by atoms with E-state index in [0.717, 1.165) is 18.7 Å². The summed E-state index contributed by atoms with van der Waals surface area (Å²) in [4.78, 5) is 12.7. The van der Waals surface area contributed by atoms with Crippen molar-refractivity contribution in [3.05, 3.63) is 51.2 Å². The first-order valence-corrected chi connectivity index (χ1v) is 7.75. The molecule has 1 aromatic heterocycles. The lowest BCUT2D eigenvalue weighted by Crippen LogP contribution is -2.55. The van der Waals surface area contributed by atoms with Gasteiger partial charge in [0.25, 0.3) is 0 Å². The Balaban J connectivity index is 2.07. The molecule has 1 aliphatic rings. The van der Waals surface area contributed by atoms with Gasteiger partial charge in [-0.1, -0.05) is 23.7 Å². The van der Waals surface area contributed by atoms with Crippen molar-refractivity contribution < 1.29 is 9.90 Å². The Morgan fingerprint density at radius 1 is 1.35 bits per heavy atom. The molecule has 0 saturated carbocycles. The van der Waals surface area contributed by atoms with Gasteiger partial charge in [-0.2, -0.15) is 0 Å². The zero-order chi connectivity index (χ0) is 14.2. The summed E-state index contributed by atoms with van der Waals surface area (Å²) in [6.07, 6.45) is 0.908. The molecule has 1 atom stereocenters. The highest BCUT2D eigenvalue weighted by molar-refractivity contribution is 7.10. The van der Waals surface area contributed by atoms with Crippen LogP contribution in [-0.4, -0.2) is 24.2 Å². The first-order valence-electron chi connectivity index (χ1n) is 6.49. The minimum absolute atomic E-state index is 0.0685. The average molecular weight is 309 g/mol. The molecule has 5 heteroatoms. The lowest BCUT2D eigenvalue weighted by Gasteiger charge is -2.40. The molecule has 1 aliphatic heterocycles. The van der Waals surface area contributed by atoms with Crippen LogP contribution in [0.2, 0.25) is 5.02 Å². The smallest absolute Gasteiger partial charge is 0.359 e. The summed E-state index contributed by atoms with van der Waals surface area (Å²) in [5.74, 6) is -0.788. The molecule has 0 spiro atoms. The second-order valence-corrected chi connectivity index (χ2v) is 6.56. The number of fused-ring (bicyclic) bond motifs is 1. The van der Waals surface area contributed by atoms with Gasteiger partial charge < -0.3 is 5.11 Å². The van der Waals surface area contributed by atoms with Gasteiger partial charge in [0.2, 0.25) is 0 Å². The number of para-hydroxylation sites is 1. The Labute approximate surface area is 126 Å². The predicted octanol–water partition coefficient (Wildman–Crippen LogP) is 3.55. The van der Waals surface area contributed by atoms with Crippen molar-refractivity contribution in [3.63, 3.8) is 0 Å². The van der Waals surface area contributed by atoms with E-state index in [1.165, 1.54) is 10.4 Å². The molecular formula is C15H15ClNO2S+. The van der Waals surface area contributed by atoms with Crippen LogP contribution in [-0.2, 0) is 17.8 Å². The van der Waals surface area contributed by atoms with Crippen LogP contribution >= 0.6 is 22.9 Å². The van der Waals surface area contributed by atoms with Crippen LogP contribution in [0, 0.1) is 0 Å². The number of thiophene rings is 1. The minimum Gasteiger partial charge on any atom is -0.477 e. The molecule has 1 unspecified atom stereocenters. The van der Waals surface area contributed by atoms with Crippen LogP contribution in [0.5, 0.6) is 0 Å². The Hall–Kier alpha value is -1.36. The highest BCUT2D eigenvalue weighted by Crippen LogP contribution is 2.37. The topological polar surface area (TPSA) is 37.3 Å². The monoisotopic (exact) mass is 308 g/mol. The number of aliphatic carboxylic acids is 1. The van der Waals surface area contributed by atoms with Gasteiger partial charge in [0, 0.05) is 22.9 Å². The zero-order valence-electron chi connectivity index (χ0n) is 10.9. The number of halogens is 1. The van der Waals surface area contributed by atoms with E-state index in [4.69, 9.17) is 11.6 Å². The van der Waals surface area contributed by atoms with Crippen molar-refractivity contribution >= 4 is 34.6 Å². The average Bonchev–Trinajstić information content (AvgIpc) is 2.85. The van der Waals surface area contributed by atoms with Crippen LogP contribution < -0.4 is 4.48 Å². The van der Waals surface area contributed by atoms with E-state index in [0.29, 0.717) is 16.1 Å². The van der Waals surface area contributed by atoms with Gasteiger partial charge in [-0.15, -0.1) is 11.3 Å². The first kappa shape index (κ1) is 13.6. The normalized spacial score (nSPS) is 21.4. The van der Waals surface area contributed by atoms with Crippen molar-refractivity contribution in [3.8, 4) is 0 Å². The third kappa shape index (κ3) is 2.35. The second-order valence-electron chi connectivity index (χ2n) is 5.15. The van der Waals surface area contributed by atoms with Crippen LogP contribution in [0.4, 0.5) is 5.69 Å². The Kier molecular flexibility index (Phi) is 3.54. The van der Waals surface area contributed by atoms with E-state index in [1.807, 2.05) is 24.3 Å². The predicted molar refractivity (Wildman–Crippen MR) is 82.3 cm³/mol. The lowest BCUT2D eigenvalue weighted by atomic mass is 10.0. The van der Waals surface area contributed by atoms with Crippen LogP contribution in [0.25, 0.3) is 0 Å². The third-order valence-corrected chi connectivity index (χ3v) is 5.22. The number of carboxylic acids is 1. The Bertz CT molecular complexity index is 655. The summed E-state index contributed by atoms with van der Waals surface area (Å²) in [6, 6.07) is 9.69. The molecular weight excluding hydrogens is 294 g/mol. The Morgan fingerprint density at radius 3 is 2.90 bits per heavy atom. The summed E-state index contributed by atoms with van der Waals surface area (Å²) >= 11 is 8.08. The summed E-state index contributed by atoms with van der Waals surface area (Å²) < 4.78 is 0.402. The number of hydrogen-bond donors (Lipinski definition) is 1. The number of rotatable bonds is 3. The maximum absolute atomic E-state index is 11.4. The number of quaternary nitrogens is 1. The van der Waals surface area contributed by atoms with E-state index in [-0.39, 0.29) is 6.54 Å². The highest BCUT2D eigenvalue weighted by Gasteiger charge is 2.39. The quantitative estimate of drug-likeness (QED) is 0.881. The van der Waals surface area contributed by atoms with Gasteiger partial charge in [0.05, 0.1) is 6.54 Å². The molecule has 2 heterocycles. The molecule has 104 valence electrons. The van der Waals surface area contributed by atoms with Crippen LogP contribution in [0.1, 0.15) is 10.4 Å². The van der Waals surface area contributed by atoms with Gasteiger partial charge in [-0.05, 0) is 17.5 Å². The summed E-state index contributed by atoms with van der Waals surface area (Å²) in [6.45, 7) is 1.55. The molecule has 0 bridgehead atoms. The minimum atomic E-state index is -0.788. The summed E-state index contributed by atoms with van der Waals surface area (Å²) in [7, 11) is 0. The van der Waals surface area contributed by atoms with Gasteiger partial charge >= 0.3 is 5.97 Å². The number of carboxylic acid groups (broad SMARTS) is 1. The van der Waals surface area contributed by atoms with Crippen molar-refractivity contribution in [2.75, 3.05) is 13.1 Å². The molecule has 20 heavy (non-hydrogen) atoms. The van der Waals surface area contributed by atoms with Gasteiger partial charge in [0.1, 0.15) is 11.6 Å². The second kappa shape index (κ2) is 5.20.